The highest BCUT2D eigenvalue weighted by Gasteiger charge is 2.23. The maximum absolute atomic E-state index is 11.7. The van der Waals surface area contributed by atoms with Gasteiger partial charge in [-0.1, -0.05) is 0 Å². The Kier molecular flexibility index (Phi) is 6.06. The van der Waals surface area contributed by atoms with Crippen molar-refractivity contribution in [1.82, 2.24) is 10.2 Å². The number of hydrogen-bond acceptors (Lipinski definition) is 2. The highest BCUT2D eigenvalue weighted by atomic mass is 16.4. The van der Waals surface area contributed by atoms with Crippen LogP contribution in [0.4, 0.5) is 4.79 Å². The number of nitrogens with one attached hydrogen (secondary N) is 1. The number of nitrogens with zero attached hydrogens (tertiary/aromatic N) is 1. The fourth-order valence-corrected chi connectivity index (χ4v) is 2.06. The first-order chi connectivity index (χ1) is 8.63. The molecule has 1 saturated heterocycles. The highest BCUT2D eigenvalue weighted by Crippen LogP contribution is 2.20. The summed E-state index contributed by atoms with van der Waals surface area (Å²) in [6, 6.07) is -0.0679. The van der Waals surface area contributed by atoms with E-state index < -0.39 is 5.97 Å². The van der Waals surface area contributed by atoms with E-state index in [2.05, 4.69) is 17.2 Å². The van der Waals surface area contributed by atoms with Crippen LogP contribution in [0.2, 0.25) is 0 Å². The number of carboxylic acid groups (broad SMARTS) is 1. The third-order valence-electron chi connectivity index (χ3n) is 3.07. The first-order valence-corrected chi connectivity index (χ1v) is 6.27. The minimum absolute atomic E-state index is 0.0679. The molecule has 18 heavy (non-hydrogen) atoms. The van der Waals surface area contributed by atoms with Crippen LogP contribution in [0.3, 0.4) is 0 Å². The molecule has 0 atom stereocenters. The number of carbonyl (C=O) groups excluding carboxylic acids is 1. The molecule has 0 unspecified atom stereocenters. The summed E-state index contributed by atoms with van der Waals surface area (Å²) >= 11 is 0. The quantitative estimate of drug-likeness (QED) is 0.585. The Morgan fingerprint density at radius 2 is 2.06 bits per heavy atom. The number of carboxylic acids is 1. The SMILES string of the molecule is CC#CCCNC(=O)N1CCC(CC(=O)O)CC1. The summed E-state index contributed by atoms with van der Waals surface area (Å²) in [7, 11) is 0. The second-order valence-corrected chi connectivity index (χ2v) is 4.44. The number of urea groups is 1. The van der Waals surface area contributed by atoms with Crippen LogP contribution in [0, 0.1) is 17.8 Å². The summed E-state index contributed by atoms with van der Waals surface area (Å²) in [6.07, 6.45) is 2.42. The van der Waals surface area contributed by atoms with E-state index in [0.717, 1.165) is 12.8 Å². The maximum Gasteiger partial charge on any atom is 0.317 e. The highest BCUT2D eigenvalue weighted by molar-refractivity contribution is 5.74. The summed E-state index contributed by atoms with van der Waals surface area (Å²) < 4.78 is 0. The lowest BCUT2D eigenvalue weighted by molar-refractivity contribution is -0.138. The predicted octanol–water partition coefficient (Wildman–Crippen LogP) is 1.30. The third-order valence-corrected chi connectivity index (χ3v) is 3.07. The summed E-state index contributed by atoms with van der Waals surface area (Å²) in [6.45, 7) is 3.62. The van der Waals surface area contributed by atoms with Gasteiger partial charge in [-0.25, -0.2) is 4.79 Å². The average Bonchev–Trinajstić information content (AvgIpc) is 2.34. The Balaban J connectivity index is 2.22. The number of likely N-dealkylation sites (tertiary alicyclic amines) is 1. The fourth-order valence-electron chi connectivity index (χ4n) is 2.06. The van der Waals surface area contributed by atoms with E-state index in [-0.39, 0.29) is 18.4 Å². The summed E-state index contributed by atoms with van der Waals surface area (Å²) in [5.74, 6) is 5.11. The molecular weight excluding hydrogens is 232 g/mol. The number of carbonyl (C=O) groups is 2. The topological polar surface area (TPSA) is 69.6 Å². The van der Waals surface area contributed by atoms with Gasteiger partial charge in [0, 0.05) is 32.5 Å². The van der Waals surface area contributed by atoms with Crippen LogP contribution in [0.1, 0.15) is 32.6 Å². The smallest absolute Gasteiger partial charge is 0.317 e. The van der Waals surface area contributed by atoms with Gasteiger partial charge in [0.05, 0.1) is 0 Å². The van der Waals surface area contributed by atoms with Gasteiger partial charge < -0.3 is 15.3 Å². The lowest BCUT2D eigenvalue weighted by Crippen LogP contribution is -2.44. The zero-order valence-electron chi connectivity index (χ0n) is 10.7. The monoisotopic (exact) mass is 252 g/mol. The minimum atomic E-state index is -0.754. The van der Waals surface area contributed by atoms with Gasteiger partial charge in [-0.3, -0.25) is 4.79 Å². The van der Waals surface area contributed by atoms with Crippen molar-refractivity contribution in [3.8, 4) is 11.8 Å². The Labute approximate surface area is 108 Å². The van der Waals surface area contributed by atoms with Crippen molar-refractivity contribution in [1.29, 1.82) is 0 Å². The van der Waals surface area contributed by atoms with E-state index in [1.54, 1.807) is 11.8 Å². The zero-order valence-corrected chi connectivity index (χ0v) is 10.7. The molecule has 0 aromatic rings. The minimum Gasteiger partial charge on any atom is -0.481 e. The largest absolute Gasteiger partial charge is 0.481 e. The van der Waals surface area contributed by atoms with E-state index >= 15 is 0 Å². The molecule has 1 fully saturated rings. The molecule has 5 nitrogen and oxygen atoms in total. The molecule has 100 valence electrons. The Hall–Kier alpha value is -1.70. The van der Waals surface area contributed by atoms with Gasteiger partial charge >= 0.3 is 12.0 Å². The molecule has 1 rings (SSSR count). The van der Waals surface area contributed by atoms with Crippen molar-refractivity contribution in [2.45, 2.75) is 32.6 Å². The molecular formula is C13H20N2O3. The lowest BCUT2D eigenvalue weighted by atomic mass is 9.94. The van der Waals surface area contributed by atoms with E-state index in [0.29, 0.717) is 26.1 Å². The van der Waals surface area contributed by atoms with E-state index in [1.165, 1.54) is 0 Å². The number of aliphatic carboxylic acids is 1. The van der Waals surface area contributed by atoms with Gasteiger partial charge in [-0.2, -0.15) is 0 Å². The van der Waals surface area contributed by atoms with Crippen LogP contribution in [-0.4, -0.2) is 41.6 Å². The Bertz CT molecular complexity index is 349. The third kappa shape index (κ3) is 5.09. The van der Waals surface area contributed by atoms with Crippen LogP contribution in [0.5, 0.6) is 0 Å². The molecule has 2 N–H and O–H groups in total. The van der Waals surface area contributed by atoms with Crippen molar-refractivity contribution in [3.05, 3.63) is 0 Å². The standard InChI is InChI=1S/C13H20N2O3/c1-2-3-4-7-14-13(18)15-8-5-11(6-9-15)10-12(16)17/h11H,4-10H2,1H3,(H,14,18)(H,16,17). The lowest BCUT2D eigenvalue weighted by Gasteiger charge is -2.31. The van der Waals surface area contributed by atoms with Gasteiger partial charge in [0.2, 0.25) is 0 Å². The molecule has 5 heteroatoms. The number of rotatable bonds is 4. The van der Waals surface area contributed by atoms with Gasteiger partial charge in [0.1, 0.15) is 0 Å². The molecule has 1 aliphatic heterocycles. The second kappa shape index (κ2) is 7.59. The molecule has 0 aromatic carbocycles. The predicted molar refractivity (Wildman–Crippen MR) is 68.0 cm³/mol. The summed E-state index contributed by atoms with van der Waals surface area (Å²) in [5, 5.41) is 11.5. The van der Waals surface area contributed by atoms with E-state index in [4.69, 9.17) is 5.11 Å². The van der Waals surface area contributed by atoms with Gasteiger partial charge in [0.25, 0.3) is 0 Å². The van der Waals surface area contributed by atoms with Crippen molar-refractivity contribution in [2.75, 3.05) is 19.6 Å². The zero-order chi connectivity index (χ0) is 13.4. The van der Waals surface area contributed by atoms with Crippen molar-refractivity contribution in [3.63, 3.8) is 0 Å². The number of hydrogen-bond donors (Lipinski definition) is 2. The van der Waals surface area contributed by atoms with Crippen LogP contribution in [-0.2, 0) is 4.79 Å². The fraction of sp³-hybridized carbons (Fsp3) is 0.692. The van der Waals surface area contributed by atoms with Crippen LogP contribution in [0.15, 0.2) is 0 Å². The molecule has 0 bridgehead atoms. The molecule has 0 spiro atoms. The average molecular weight is 252 g/mol. The summed E-state index contributed by atoms with van der Waals surface area (Å²) in [4.78, 5) is 24.1. The van der Waals surface area contributed by atoms with Crippen LogP contribution in [0.25, 0.3) is 0 Å². The maximum atomic E-state index is 11.7. The molecule has 1 heterocycles. The van der Waals surface area contributed by atoms with Gasteiger partial charge in [-0.05, 0) is 25.7 Å². The van der Waals surface area contributed by atoms with E-state index in [9.17, 15) is 9.59 Å². The Morgan fingerprint density at radius 1 is 1.39 bits per heavy atom. The molecule has 1 aliphatic rings. The molecule has 0 radical (unpaired) electrons. The number of amides is 2. The Morgan fingerprint density at radius 3 is 2.61 bits per heavy atom. The molecule has 2 amide bonds. The van der Waals surface area contributed by atoms with Crippen molar-refractivity contribution < 1.29 is 14.7 Å². The van der Waals surface area contributed by atoms with Crippen LogP contribution >= 0.6 is 0 Å². The van der Waals surface area contributed by atoms with Crippen LogP contribution < -0.4 is 5.32 Å². The first kappa shape index (κ1) is 14.4. The number of piperidine rings is 1. The van der Waals surface area contributed by atoms with Crippen molar-refractivity contribution in [2.24, 2.45) is 5.92 Å². The molecule has 0 aromatic heterocycles. The first-order valence-electron chi connectivity index (χ1n) is 6.27. The normalized spacial score (nSPS) is 15.7. The summed E-state index contributed by atoms with van der Waals surface area (Å²) in [5.41, 5.74) is 0. The van der Waals surface area contributed by atoms with E-state index in [1.807, 2.05) is 0 Å². The molecule has 0 aliphatic carbocycles. The second-order valence-electron chi connectivity index (χ2n) is 4.44. The van der Waals surface area contributed by atoms with Gasteiger partial charge in [-0.15, -0.1) is 11.8 Å². The van der Waals surface area contributed by atoms with Crippen molar-refractivity contribution >= 4 is 12.0 Å². The van der Waals surface area contributed by atoms with Gasteiger partial charge in [0.15, 0.2) is 0 Å². The molecule has 0 saturated carbocycles.